The van der Waals surface area contributed by atoms with Crippen molar-refractivity contribution in [2.45, 2.75) is 43.0 Å². The van der Waals surface area contributed by atoms with Gasteiger partial charge in [0.2, 0.25) is 0 Å². The van der Waals surface area contributed by atoms with Gasteiger partial charge < -0.3 is 9.64 Å². The number of sulfonamides is 1. The molecule has 1 saturated carbocycles. The van der Waals surface area contributed by atoms with Crippen LogP contribution in [0.25, 0.3) is 0 Å². The van der Waals surface area contributed by atoms with E-state index < -0.39 is 10.0 Å². The zero-order valence-corrected chi connectivity index (χ0v) is 18.9. The van der Waals surface area contributed by atoms with Gasteiger partial charge in [-0.1, -0.05) is 25.3 Å². The molecule has 2 aromatic carbocycles. The molecule has 0 heterocycles. The number of nitrogens with zero attached hydrogens (tertiary/aromatic N) is 1. The number of amides is 1. The van der Waals surface area contributed by atoms with Gasteiger partial charge in [-0.3, -0.25) is 9.52 Å². The van der Waals surface area contributed by atoms with Crippen LogP contribution >= 0.6 is 15.9 Å². The summed E-state index contributed by atoms with van der Waals surface area (Å²) in [6.45, 7) is 0. The average molecular weight is 481 g/mol. The fourth-order valence-corrected chi connectivity index (χ4v) is 5.21. The summed E-state index contributed by atoms with van der Waals surface area (Å²) in [4.78, 5) is 14.7. The first-order valence-corrected chi connectivity index (χ1v) is 11.8. The van der Waals surface area contributed by atoms with Gasteiger partial charge in [0.05, 0.1) is 22.2 Å². The van der Waals surface area contributed by atoms with Crippen molar-refractivity contribution >= 4 is 37.5 Å². The van der Waals surface area contributed by atoms with E-state index >= 15 is 0 Å². The number of rotatable bonds is 6. The Balaban J connectivity index is 1.80. The second kappa shape index (κ2) is 9.17. The second-order valence-corrected chi connectivity index (χ2v) is 9.73. The Morgan fingerprint density at radius 2 is 1.86 bits per heavy atom. The number of anilines is 1. The lowest BCUT2D eigenvalue weighted by Crippen LogP contribution is -2.38. The fourth-order valence-electron chi connectivity index (χ4n) is 3.58. The number of halogens is 1. The highest BCUT2D eigenvalue weighted by Crippen LogP contribution is 2.29. The molecule has 0 spiro atoms. The maximum Gasteiger partial charge on any atom is 0.261 e. The number of carbonyl (C=O) groups is 1. The summed E-state index contributed by atoms with van der Waals surface area (Å²) in [5, 5.41) is 0. The number of hydrogen-bond acceptors (Lipinski definition) is 4. The van der Waals surface area contributed by atoms with Crippen molar-refractivity contribution in [2.24, 2.45) is 0 Å². The minimum Gasteiger partial charge on any atom is -0.496 e. The minimum atomic E-state index is -3.84. The summed E-state index contributed by atoms with van der Waals surface area (Å²) < 4.78 is 34.0. The average Bonchev–Trinajstić information content (AvgIpc) is 2.73. The Kier molecular flexibility index (Phi) is 6.85. The molecule has 2 aromatic rings. The minimum absolute atomic E-state index is 0.0485. The first-order chi connectivity index (χ1) is 13.8. The van der Waals surface area contributed by atoms with Gasteiger partial charge in [0.1, 0.15) is 5.75 Å². The summed E-state index contributed by atoms with van der Waals surface area (Å²) >= 11 is 3.35. The van der Waals surface area contributed by atoms with Gasteiger partial charge in [-0.15, -0.1) is 0 Å². The fraction of sp³-hybridized carbons (Fsp3) is 0.381. The molecular weight excluding hydrogens is 456 g/mol. The number of carbonyl (C=O) groups excluding carboxylic acids is 1. The van der Waals surface area contributed by atoms with Gasteiger partial charge in [-0.05, 0) is 65.2 Å². The van der Waals surface area contributed by atoms with E-state index in [2.05, 4.69) is 20.7 Å². The summed E-state index contributed by atoms with van der Waals surface area (Å²) in [5.74, 6) is 0.451. The molecule has 0 atom stereocenters. The van der Waals surface area contributed by atoms with E-state index in [1.165, 1.54) is 25.7 Å². The molecule has 1 fully saturated rings. The molecule has 1 aliphatic carbocycles. The van der Waals surface area contributed by atoms with Gasteiger partial charge in [0, 0.05) is 18.7 Å². The Morgan fingerprint density at radius 3 is 2.52 bits per heavy atom. The van der Waals surface area contributed by atoms with E-state index in [1.807, 2.05) is 0 Å². The third kappa shape index (κ3) is 5.11. The molecule has 0 unspecified atom stereocenters. The van der Waals surface area contributed by atoms with Crippen molar-refractivity contribution < 1.29 is 17.9 Å². The molecule has 0 radical (unpaired) electrons. The van der Waals surface area contributed by atoms with E-state index in [-0.39, 0.29) is 16.8 Å². The summed E-state index contributed by atoms with van der Waals surface area (Å²) in [6.07, 6.45) is 5.44. The Morgan fingerprint density at radius 1 is 1.14 bits per heavy atom. The number of nitrogens with one attached hydrogen (secondary N) is 1. The van der Waals surface area contributed by atoms with Crippen molar-refractivity contribution in [2.75, 3.05) is 18.9 Å². The van der Waals surface area contributed by atoms with Gasteiger partial charge in [0.25, 0.3) is 15.9 Å². The topological polar surface area (TPSA) is 75.7 Å². The SMILES string of the molecule is COc1ccc(NS(=O)(=O)c2cccc(C(=O)N(C)C3CCCCC3)c2)cc1Br. The highest BCUT2D eigenvalue weighted by molar-refractivity contribution is 9.10. The molecule has 0 saturated heterocycles. The first kappa shape index (κ1) is 21.6. The van der Waals surface area contributed by atoms with E-state index in [9.17, 15) is 13.2 Å². The zero-order chi connectivity index (χ0) is 21.0. The predicted molar refractivity (Wildman–Crippen MR) is 117 cm³/mol. The standard InChI is InChI=1S/C21H25BrN2O4S/c1-24(17-8-4-3-5-9-17)21(25)15-7-6-10-18(13-15)29(26,27)23-16-11-12-20(28-2)19(22)14-16/h6-7,10-14,17,23H,3-5,8-9H2,1-2H3. The van der Waals surface area contributed by atoms with Crippen molar-refractivity contribution in [1.29, 1.82) is 0 Å². The number of benzene rings is 2. The van der Waals surface area contributed by atoms with Crippen LogP contribution in [0, 0.1) is 0 Å². The molecule has 6 nitrogen and oxygen atoms in total. The Labute approximate surface area is 180 Å². The molecule has 29 heavy (non-hydrogen) atoms. The second-order valence-electron chi connectivity index (χ2n) is 7.19. The van der Waals surface area contributed by atoms with E-state index in [0.29, 0.717) is 21.5 Å². The molecule has 0 aromatic heterocycles. The normalized spacial score (nSPS) is 15.0. The lowest BCUT2D eigenvalue weighted by atomic mass is 9.94. The third-order valence-corrected chi connectivity index (χ3v) is 7.24. The van der Waals surface area contributed by atoms with Gasteiger partial charge in [0.15, 0.2) is 0 Å². The smallest absolute Gasteiger partial charge is 0.261 e. The van der Waals surface area contributed by atoms with E-state index in [0.717, 1.165) is 25.7 Å². The summed E-state index contributed by atoms with van der Waals surface area (Å²) in [7, 11) is -0.502. The number of methoxy groups -OCH3 is 1. The lowest BCUT2D eigenvalue weighted by Gasteiger charge is -2.31. The first-order valence-electron chi connectivity index (χ1n) is 9.55. The van der Waals surface area contributed by atoms with Crippen molar-refractivity contribution in [1.82, 2.24) is 4.90 Å². The quantitative estimate of drug-likeness (QED) is 0.651. The van der Waals surface area contributed by atoms with Crippen LogP contribution in [0.3, 0.4) is 0 Å². The molecule has 1 aliphatic rings. The zero-order valence-electron chi connectivity index (χ0n) is 16.5. The van der Waals surface area contributed by atoms with Gasteiger partial charge in [-0.25, -0.2) is 8.42 Å². The molecular formula is C21H25BrN2O4S. The summed E-state index contributed by atoms with van der Waals surface area (Å²) in [5.41, 5.74) is 0.769. The van der Waals surface area contributed by atoms with Crippen LogP contribution in [-0.2, 0) is 10.0 Å². The van der Waals surface area contributed by atoms with Crippen LogP contribution in [-0.4, -0.2) is 39.4 Å². The maximum atomic E-state index is 12.9. The van der Waals surface area contributed by atoms with Crippen LogP contribution < -0.4 is 9.46 Å². The van der Waals surface area contributed by atoms with Crippen molar-refractivity contribution in [3.05, 3.63) is 52.5 Å². The monoisotopic (exact) mass is 480 g/mol. The van der Waals surface area contributed by atoms with Crippen molar-refractivity contribution in [3.63, 3.8) is 0 Å². The van der Waals surface area contributed by atoms with Crippen LogP contribution in [0.2, 0.25) is 0 Å². The van der Waals surface area contributed by atoms with Gasteiger partial charge in [-0.2, -0.15) is 0 Å². The molecule has 3 rings (SSSR count). The van der Waals surface area contributed by atoms with Crippen LogP contribution in [0.15, 0.2) is 51.8 Å². The highest BCUT2D eigenvalue weighted by atomic mass is 79.9. The largest absolute Gasteiger partial charge is 0.496 e. The highest BCUT2D eigenvalue weighted by Gasteiger charge is 2.24. The Bertz CT molecular complexity index is 988. The molecule has 1 N–H and O–H groups in total. The lowest BCUT2D eigenvalue weighted by molar-refractivity contribution is 0.0696. The molecule has 0 bridgehead atoms. The number of ether oxygens (including phenoxy) is 1. The summed E-state index contributed by atoms with van der Waals surface area (Å²) in [6, 6.07) is 11.3. The predicted octanol–water partition coefficient (Wildman–Crippen LogP) is 4.66. The molecule has 1 amide bonds. The van der Waals surface area contributed by atoms with Gasteiger partial charge >= 0.3 is 0 Å². The Hall–Kier alpha value is -2.06. The van der Waals surface area contributed by atoms with Crippen LogP contribution in [0.4, 0.5) is 5.69 Å². The maximum absolute atomic E-state index is 12.9. The van der Waals surface area contributed by atoms with E-state index in [1.54, 1.807) is 42.3 Å². The van der Waals surface area contributed by atoms with Crippen LogP contribution in [0.5, 0.6) is 5.75 Å². The molecule has 8 heteroatoms. The molecule has 156 valence electrons. The third-order valence-electron chi connectivity index (χ3n) is 5.24. The molecule has 0 aliphatic heterocycles. The number of hydrogen-bond donors (Lipinski definition) is 1. The van der Waals surface area contributed by atoms with Crippen molar-refractivity contribution in [3.8, 4) is 5.75 Å². The van der Waals surface area contributed by atoms with Crippen LogP contribution in [0.1, 0.15) is 42.5 Å². The van der Waals surface area contributed by atoms with E-state index in [4.69, 9.17) is 4.74 Å².